The van der Waals surface area contributed by atoms with Gasteiger partial charge in [0.05, 0.1) is 5.56 Å². The van der Waals surface area contributed by atoms with E-state index in [2.05, 4.69) is 15.6 Å². The van der Waals surface area contributed by atoms with Crippen LogP contribution in [0.3, 0.4) is 0 Å². The van der Waals surface area contributed by atoms with Crippen LogP contribution in [0.25, 0.3) is 0 Å². The fourth-order valence-corrected chi connectivity index (χ4v) is 3.01. The molecule has 1 aromatic heterocycles. The summed E-state index contributed by atoms with van der Waals surface area (Å²) >= 11 is 0. The largest absolute Gasteiger partial charge is 0.417 e. The zero-order valence-corrected chi connectivity index (χ0v) is 15.6. The van der Waals surface area contributed by atoms with Crippen LogP contribution in [0, 0.1) is 0 Å². The average Bonchev–Trinajstić information content (AvgIpc) is 2.71. The molecule has 0 saturated carbocycles. The second-order valence-corrected chi connectivity index (χ2v) is 6.66. The predicted octanol–water partition coefficient (Wildman–Crippen LogP) is 3.46. The lowest BCUT2D eigenvalue weighted by Gasteiger charge is -2.26. The minimum absolute atomic E-state index is 0.0939. The van der Waals surface area contributed by atoms with E-state index in [9.17, 15) is 22.8 Å². The fraction of sp³-hybridized carbons (Fsp3) is 0.350. The van der Waals surface area contributed by atoms with Crippen LogP contribution < -0.4 is 15.5 Å². The van der Waals surface area contributed by atoms with Crippen LogP contribution in [0.5, 0.6) is 0 Å². The number of aromatic nitrogens is 1. The van der Waals surface area contributed by atoms with Gasteiger partial charge in [-0.15, -0.1) is 0 Å². The minimum atomic E-state index is -4.42. The summed E-state index contributed by atoms with van der Waals surface area (Å²) in [6.07, 6.45) is -1.24. The zero-order chi connectivity index (χ0) is 20.9. The van der Waals surface area contributed by atoms with E-state index in [1.54, 1.807) is 29.2 Å². The first-order valence-electron chi connectivity index (χ1n) is 9.30. The fourth-order valence-electron chi connectivity index (χ4n) is 3.01. The van der Waals surface area contributed by atoms with Crippen LogP contribution in [-0.4, -0.2) is 36.4 Å². The van der Waals surface area contributed by atoms with Gasteiger partial charge in [-0.2, -0.15) is 13.2 Å². The number of nitrogens with one attached hydrogen (secondary N) is 2. The number of halogens is 3. The van der Waals surface area contributed by atoms with E-state index >= 15 is 0 Å². The molecule has 0 aliphatic carbocycles. The topological polar surface area (TPSA) is 74.3 Å². The third kappa shape index (κ3) is 5.46. The minimum Gasteiger partial charge on any atom is -0.368 e. The van der Waals surface area contributed by atoms with Gasteiger partial charge in [0.2, 0.25) is 5.91 Å². The van der Waals surface area contributed by atoms with Crippen molar-refractivity contribution in [2.75, 3.05) is 29.9 Å². The number of pyridine rings is 1. The molecule has 3 rings (SSSR count). The van der Waals surface area contributed by atoms with E-state index in [0.29, 0.717) is 30.9 Å². The lowest BCUT2D eigenvalue weighted by molar-refractivity contribution is -0.137. The molecule has 0 atom stereocenters. The predicted molar refractivity (Wildman–Crippen MR) is 103 cm³/mol. The van der Waals surface area contributed by atoms with Gasteiger partial charge in [0.1, 0.15) is 5.82 Å². The highest BCUT2D eigenvalue weighted by Gasteiger charge is 2.30. The molecule has 29 heavy (non-hydrogen) atoms. The summed E-state index contributed by atoms with van der Waals surface area (Å²) < 4.78 is 37.5. The highest BCUT2D eigenvalue weighted by atomic mass is 19.4. The van der Waals surface area contributed by atoms with Gasteiger partial charge in [-0.1, -0.05) is 0 Å². The smallest absolute Gasteiger partial charge is 0.368 e. The maximum atomic E-state index is 12.5. The molecule has 2 N–H and O–H groups in total. The third-order valence-electron chi connectivity index (χ3n) is 4.57. The number of amides is 2. The molecule has 1 saturated heterocycles. The molecule has 0 radical (unpaired) electrons. The van der Waals surface area contributed by atoms with E-state index in [1.165, 1.54) is 6.07 Å². The SMILES string of the molecule is O=C(NCCNc1ccc(C(F)(F)F)cn1)c1ccc(N2CCCCC2=O)cc1. The summed E-state index contributed by atoms with van der Waals surface area (Å²) in [5.74, 6) is 0.114. The van der Waals surface area contributed by atoms with Crippen molar-refractivity contribution in [3.8, 4) is 0 Å². The number of carbonyl (C=O) groups is 2. The van der Waals surface area contributed by atoms with Crippen molar-refractivity contribution in [2.45, 2.75) is 25.4 Å². The summed E-state index contributed by atoms with van der Waals surface area (Å²) in [6.45, 7) is 1.27. The Hall–Kier alpha value is -3.10. The number of alkyl halides is 3. The Labute approximate surface area is 166 Å². The van der Waals surface area contributed by atoms with Crippen LogP contribution in [-0.2, 0) is 11.0 Å². The summed E-state index contributed by atoms with van der Waals surface area (Å²) in [5.41, 5.74) is 0.429. The number of carbonyl (C=O) groups excluding carboxylic acids is 2. The molecule has 1 aliphatic heterocycles. The van der Waals surface area contributed by atoms with Crippen molar-refractivity contribution in [2.24, 2.45) is 0 Å². The first-order valence-corrected chi connectivity index (χ1v) is 9.30. The van der Waals surface area contributed by atoms with Gasteiger partial charge in [-0.05, 0) is 49.2 Å². The monoisotopic (exact) mass is 406 g/mol. The zero-order valence-electron chi connectivity index (χ0n) is 15.6. The Bertz CT molecular complexity index is 852. The number of nitrogens with zero attached hydrogens (tertiary/aromatic N) is 2. The van der Waals surface area contributed by atoms with Gasteiger partial charge in [0.15, 0.2) is 0 Å². The van der Waals surface area contributed by atoms with Crippen molar-refractivity contribution in [3.05, 3.63) is 53.7 Å². The summed E-state index contributed by atoms with van der Waals surface area (Å²) in [5, 5.41) is 5.57. The van der Waals surface area contributed by atoms with E-state index in [0.717, 1.165) is 30.8 Å². The quantitative estimate of drug-likeness (QED) is 0.721. The molecular weight excluding hydrogens is 385 g/mol. The van der Waals surface area contributed by atoms with Crippen LogP contribution in [0.15, 0.2) is 42.6 Å². The number of rotatable bonds is 6. The standard InChI is InChI=1S/C20H21F3N4O2/c21-20(22,23)15-6-9-17(26-13-15)24-10-11-25-19(29)14-4-7-16(8-5-14)27-12-2-1-3-18(27)28/h4-9,13H,1-3,10-12H2,(H,24,26)(H,25,29). The Balaban J connectivity index is 1.45. The van der Waals surface area contributed by atoms with Gasteiger partial charge in [0, 0.05) is 43.5 Å². The van der Waals surface area contributed by atoms with Crippen LogP contribution >= 0.6 is 0 Å². The van der Waals surface area contributed by atoms with Crippen molar-refractivity contribution < 1.29 is 22.8 Å². The molecule has 2 amide bonds. The Kier molecular flexibility index (Phi) is 6.36. The Morgan fingerprint density at radius 2 is 1.83 bits per heavy atom. The first-order chi connectivity index (χ1) is 13.8. The summed E-state index contributed by atoms with van der Waals surface area (Å²) in [6, 6.07) is 9.02. The molecule has 1 aromatic carbocycles. The summed E-state index contributed by atoms with van der Waals surface area (Å²) in [4.78, 5) is 29.6. The number of hydrogen-bond acceptors (Lipinski definition) is 4. The average molecular weight is 406 g/mol. The number of benzene rings is 1. The second-order valence-electron chi connectivity index (χ2n) is 6.66. The van der Waals surface area contributed by atoms with Crippen LogP contribution in [0.1, 0.15) is 35.2 Å². The number of anilines is 2. The molecule has 6 nitrogen and oxygen atoms in total. The number of hydrogen-bond donors (Lipinski definition) is 2. The first kappa shape index (κ1) is 20.6. The van der Waals surface area contributed by atoms with Gasteiger partial charge in [-0.3, -0.25) is 9.59 Å². The molecule has 1 fully saturated rings. The van der Waals surface area contributed by atoms with E-state index in [4.69, 9.17) is 0 Å². The Morgan fingerprint density at radius 1 is 1.07 bits per heavy atom. The van der Waals surface area contributed by atoms with E-state index in [1.807, 2.05) is 0 Å². The van der Waals surface area contributed by atoms with Crippen molar-refractivity contribution in [1.29, 1.82) is 0 Å². The van der Waals surface area contributed by atoms with Gasteiger partial charge >= 0.3 is 6.18 Å². The van der Waals surface area contributed by atoms with E-state index < -0.39 is 11.7 Å². The molecule has 0 bridgehead atoms. The van der Waals surface area contributed by atoms with Crippen molar-refractivity contribution in [3.63, 3.8) is 0 Å². The van der Waals surface area contributed by atoms with Crippen LogP contribution in [0.4, 0.5) is 24.7 Å². The molecule has 9 heteroatoms. The van der Waals surface area contributed by atoms with Crippen molar-refractivity contribution in [1.82, 2.24) is 10.3 Å². The lowest BCUT2D eigenvalue weighted by atomic mass is 10.1. The number of piperidine rings is 1. The molecule has 0 spiro atoms. The van der Waals surface area contributed by atoms with E-state index in [-0.39, 0.29) is 18.4 Å². The van der Waals surface area contributed by atoms with Gasteiger partial charge in [0.25, 0.3) is 5.91 Å². The summed E-state index contributed by atoms with van der Waals surface area (Å²) in [7, 11) is 0. The van der Waals surface area contributed by atoms with Crippen LogP contribution in [0.2, 0.25) is 0 Å². The molecule has 2 heterocycles. The maximum absolute atomic E-state index is 12.5. The second kappa shape index (κ2) is 8.93. The highest BCUT2D eigenvalue weighted by molar-refractivity contribution is 5.96. The van der Waals surface area contributed by atoms with Gasteiger partial charge in [-0.25, -0.2) is 4.98 Å². The highest BCUT2D eigenvalue weighted by Crippen LogP contribution is 2.28. The third-order valence-corrected chi connectivity index (χ3v) is 4.57. The molecule has 154 valence electrons. The molecule has 1 aliphatic rings. The molecule has 2 aromatic rings. The van der Waals surface area contributed by atoms with Gasteiger partial charge < -0.3 is 15.5 Å². The molecular formula is C20H21F3N4O2. The lowest BCUT2D eigenvalue weighted by Crippen LogP contribution is -2.35. The molecule has 0 unspecified atom stereocenters. The van der Waals surface area contributed by atoms with Crippen molar-refractivity contribution >= 4 is 23.3 Å². The normalized spacial score (nSPS) is 14.6. The maximum Gasteiger partial charge on any atom is 0.417 e. The Morgan fingerprint density at radius 3 is 2.45 bits per heavy atom.